The Balaban J connectivity index is 2.29. The molecule has 1 heterocycles. The predicted octanol–water partition coefficient (Wildman–Crippen LogP) is 2.90. The number of aliphatic carboxylic acids is 1. The zero-order valence-corrected chi connectivity index (χ0v) is 16.6. The lowest BCUT2D eigenvalue weighted by Crippen LogP contribution is -2.26. The minimum absolute atomic E-state index is 0.0832. The van der Waals surface area contributed by atoms with Gasteiger partial charge in [-0.15, -0.1) is 0 Å². The molecule has 5 atom stereocenters. The SMILES string of the molecule is CC/C=C\C/C=C\C/C=C\C[C@H](O)/C=C/[C@H]1O[C@H]([C@@H](O)CCC(=O)O)C[C@H]1O. The van der Waals surface area contributed by atoms with Gasteiger partial charge in [0.1, 0.15) is 6.10 Å². The van der Waals surface area contributed by atoms with E-state index in [1.54, 1.807) is 12.2 Å². The van der Waals surface area contributed by atoms with Gasteiger partial charge in [0, 0.05) is 12.8 Å². The quantitative estimate of drug-likeness (QED) is 0.358. The van der Waals surface area contributed by atoms with E-state index in [0.717, 1.165) is 19.3 Å². The van der Waals surface area contributed by atoms with E-state index in [1.807, 2.05) is 12.2 Å². The monoisotopic (exact) mass is 394 g/mol. The molecule has 4 N–H and O–H groups in total. The van der Waals surface area contributed by atoms with Gasteiger partial charge in [-0.2, -0.15) is 0 Å². The molecule has 6 nitrogen and oxygen atoms in total. The number of carboxylic acid groups (broad SMARTS) is 1. The maximum absolute atomic E-state index is 10.6. The molecule has 1 rings (SSSR count). The first-order chi connectivity index (χ1) is 13.4. The molecule has 1 fully saturated rings. The summed E-state index contributed by atoms with van der Waals surface area (Å²) >= 11 is 0. The highest BCUT2D eigenvalue weighted by molar-refractivity contribution is 5.66. The summed E-state index contributed by atoms with van der Waals surface area (Å²) in [4.78, 5) is 10.6. The van der Waals surface area contributed by atoms with Crippen molar-refractivity contribution in [2.24, 2.45) is 0 Å². The number of aliphatic hydroxyl groups is 3. The Bertz CT molecular complexity index is 551. The average molecular weight is 395 g/mol. The smallest absolute Gasteiger partial charge is 0.303 e. The third-order valence-electron chi connectivity index (χ3n) is 4.45. The Labute approximate surface area is 167 Å². The Morgan fingerprint density at radius 3 is 2.39 bits per heavy atom. The zero-order chi connectivity index (χ0) is 20.8. The summed E-state index contributed by atoms with van der Waals surface area (Å²) in [6, 6.07) is 0. The topological polar surface area (TPSA) is 107 Å². The molecule has 1 saturated heterocycles. The van der Waals surface area contributed by atoms with Crippen LogP contribution in [0.4, 0.5) is 0 Å². The maximum atomic E-state index is 10.6. The molecule has 0 radical (unpaired) electrons. The lowest BCUT2D eigenvalue weighted by atomic mass is 10.0. The van der Waals surface area contributed by atoms with Crippen LogP contribution in [-0.2, 0) is 9.53 Å². The van der Waals surface area contributed by atoms with Crippen LogP contribution in [0.1, 0.15) is 51.9 Å². The van der Waals surface area contributed by atoms with Crippen molar-refractivity contribution in [1.29, 1.82) is 0 Å². The van der Waals surface area contributed by atoms with Crippen molar-refractivity contribution >= 4 is 5.97 Å². The van der Waals surface area contributed by atoms with E-state index in [0.29, 0.717) is 6.42 Å². The average Bonchev–Trinajstić information content (AvgIpc) is 3.04. The first-order valence-corrected chi connectivity index (χ1v) is 9.98. The van der Waals surface area contributed by atoms with Crippen LogP contribution < -0.4 is 0 Å². The first-order valence-electron chi connectivity index (χ1n) is 9.98. The number of hydrogen-bond donors (Lipinski definition) is 4. The summed E-state index contributed by atoms with van der Waals surface area (Å²) in [5, 5.41) is 38.7. The van der Waals surface area contributed by atoms with E-state index >= 15 is 0 Å². The van der Waals surface area contributed by atoms with Crippen molar-refractivity contribution < 1.29 is 30.0 Å². The largest absolute Gasteiger partial charge is 0.481 e. The van der Waals surface area contributed by atoms with Crippen LogP contribution in [0.15, 0.2) is 48.6 Å². The molecule has 0 unspecified atom stereocenters. The Morgan fingerprint density at radius 2 is 1.75 bits per heavy atom. The molecular weight excluding hydrogens is 360 g/mol. The number of hydrogen-bond acceptors (Lipinski definition) is 5. The highest BCUT2D eigenvalue weighted by Gasteiger charge is 2.36. The summed E-state index contributed by atoms with van der Waals surface area (Å²) in [7, 11) is 0. The van der Waals surface area contributed by atoms with Gasteiger partial charge in [0.05, 0.1) is 24.4 Å². The number of carbonyl (C=O) groups is 1. The van der Waals surface area contributed by atoms with E-state index in [2.05, 4.69) is 31.2 Å². The third kappa shape index (κ3) is 10.6. The van der Waals surface area contributed by atoms with Gasteiger partial charge >= 0.3 is 5.97 Å². The molecular formula is C22H34O6. The van der Waals surface area contributed by atoms with Crippen LogP contribution >= 0.6 is 0 Å². The molecule has 0 saturated carbocycles. The molecule has 0 amide bonds. The van der Waals surface area contributed by atoms with E-state index in [1.165, 1.54) is 0 Å². The van der Waals surface area contributed by atoms with Crippen molar-refractivity contribution in [2.45, 2.75) is 82.4 Å². The Kier molecular flexibility index (Phi) is 12.4. The van der Waals surface area contributed by atoms with Gasteiger partial charge in [0.25, 0.3) is 0 Å². The van der Waals surface area contributed by atoms with Crippen molar-refractivity contribution in [2.75, 3.05) is 0 Å². The second-order valence-corrected chi connectivity index (χ2v) is 6.92. The third-order valence-corrected chi connectivity index (χ3v) is 4.45. The van der Waals surface area contributed by atoms with Crippen LogP contribution in [-0.4, -0.2) is 56.9 Å². The van der Waals surface area contributed by atoms with Gasteiger partial charge in [-0.25, -0.2) is 0 Å². The normalized spacial score (nSPS) is 25.5. The lowest BCUT2D eigenvalue weighted by Gasteiger charge is -2.17. The number of carboxylic acids is 1. The summed E-state index contributed by atoms with van der Waals surface area (Å²) in [5.74, 6) is -0.978. The van der Waals surface area contributed by atoms with E-state index in [4.69, 9.17) is 9.84 Å². The highest BCUT2D eigenvalue weighted by atomic mass is 16.5. The second kappa shape index (κ2) is 14.3. The molecule has 0 aromatic heterocycles. The van der Waals surface area contributed by atoms with Crippen LogP contribution in [0.5, 0.6) is 0 Å². The number of allylic oxidation sites excluding steroid dienone is 5. The van der Waals surface area contributed by atoms with Crippen molar-refractivity contribution in [3.8, 4) is 0 Å². The van der Waals surface area contributed by atoms with Crippen molar-refractivity contribution in [3.05, 3.63) is 48.6 Å². The second-order valence-electron chi connectivity index (χ2n) is 6.92. The fourth-order valence-electron chi connectivity index (χ4n) is 2.86. The Morgan fingerprint density at radius 1 is 1.11 bits per heavy atom. The molecule has 0 aromatic rings. The van der Waals surface area contributed by atoms with Gasteiger partial charge in [-0.1, -0.05) is 55.5 Å². The number of aliphatic hydroxyl groups excluding tert-OH is 3. The number of ether oxygens (including phenoxy) is 1. The van der Waals surface area contributed by atoms with E-state index < -0.39 is 36.5 Å². The molecule has 0 aromatic carbocycles. The van der Waals surface area contributed by atoms with Crippen LogP contribution in [0.2, 0.25) is 0 Å². The summed E-state index contributed by atoms with van der Waals surface area (Å²) in [6.45, 7) is 2.10. The fraction of sp³-hybridized carbons (Fsp3) is 0.591. The molecule has 6 heteroatoms. The van der Waals surface area contributed by atoms with Gasteiger partial charge in [0.2, 0.25) is 0 Å². The van der Waals surface area contributed by atoms with Gasteiger partial charge in [0.15, 0.2) is 0 Å². The van der Waals surface area contributed by atoms with E-state index in [-0.39, 0.29) is 19.3 Å². The minimum atomic E-state index is -0.978. The van der Waals surface area contributed by atoms with Crippen LogP contribution in [0, 0.1) is 0 Å². The van der Waals surface area contributed by atoms with E-state index in [9.17, 15) is 20.1 Å². The summed E-state index contributed by atoms with van der Waals surface area (Å²) in [6.07, 6.45) is 15.4. The van der Waals surface area contributed by atoms with Gasteiger partial charge < -0.3 is 25.2 Å². The van der Waals surface area contributed by atoms with Crippen molar-refractivity contribution in [1.82, 2.24) is 0 Å². The summed E-state index contributed by atoms with van der Waals surface area (Å²) < 4.78 is 5.59. The Hall–Kier alpha value is -1.73. The van der Waals surface area contributed by atoms with Gasteiger partial charge in [-0.3, -0.25) is 4.79 Å². The van der Waals surface area contributed by atoms with Gasteiger partial charge in [-0.05, 0) is 32.1 Å². The molecule has 1 aliphatic heterocycles. The zero-order valence-electron chi connectivity index (χ0n) is 16.6. The lowest BCUT2D eigenvalue weighted by molar-refractivity contribution is -0.138. The molecule has 0 bridgehead atoms. The number of rotatable bonds is 13. The minimum Gasteiger partial charge on any atom is -0.481 e. The standard InChI is InChI=1S/C22H34O6/c1-2-3-4-5-6-7-8-9-10-11-17(23)12-14-20-19(25)16-21(28-20)18(24)13-15-22(26)27/h3-4,6-7,9-10,12,14,17-21,23-25H,2,5,8,11,13,15-16H2,1H3,(H,26,27)/b4-3-,7-6-,10-9-,14-12+/t17-,18-,19+,20+,21-/m0/s1. The molecule has 1 aliphatic rings. The summed E-state index contributed by atoms with van der Waals surface area (Å²) in [5.41, 5.74) is 0. The van der Waals surface area contributed by atoms with Crippen LogP contribution in [0.25, 0.3) is 0 Å². The first kappa shape index (κ1) is 24.3. The fourth-order valence-corrected chi connectivity index (χ4v) is 2.86. The molecule has 0 aliphatic carbocycles. The predicted molar refractivity (Wildman–Crippen MR) is 109 cm³/mol. The highest BCUT2D eigenvalue weighted by Crippen LogP contribution is 2.25. The molecule has 28 heavy (non-hydrogen) atoms. The molecule has 0 spiro atoms. The van der Waals surface area contributed by atoms with Crippen molar-refractivity contribution in [3.63, 3.8) is 0 Å². The maximum Gasteiger partial charge on any atom is 0.303 e. The van der Waals surface area contributed by atoms with Crippen LogP contribution in [0.3, 0.4) is 0 Å². The molecule has 158 valence electrons.